The van der Waals surface area contributed by atoms with Crippen molar-refractivity contribution in [3.63, 3.8) is 0 Å². The lowest BCUT2D eigenvalue weighted by molar-refractivity contribution is 0.571. The summed E-state index contributed by atoms with van der Waals surface area (Å²) in [6.45, 7) is 1.57. The van der Waals surface area contributed by atoms with Gasteiger partial charge in [0.2, 0.25) is 0 Å². The summed E-state index contributed by atoms with van der Waals surface area (Å²) in [4.78, 5) is 4.61. The first-order chi connectivity index (χ1) is 17.7. The number of nitrogens with two attached hydrogens (primary N) is 1. The number of fused-ring (bicyclic) bond motifs is 2. The molecule has 1 unspecified atom stereocenters. The zero-order valence-electron chi connectivity index (χ0n) is 20.5. The van der Waals surface area contributed by atoms with E-state index in [-0.39, 0.29) is 11.6 Å². The van der Waals surface area contributed by atoms with Gasteiger partial charge in [0.15, 0.2) is 5.66 Å². The number of hydrogen-bond acceptors (Lipinski definition) is 7. The molecular formula is C27H29FN6O2S. The quantitative estimate of drug-likeness (QED) is 0.292. The van der Waals surface area contributed by atoms with Gasteiger partial charge in [0, 0.05) is 29.4 Å². The minimum Gasteiger partial charge on any atom is -0.346 e. The molecule has 37 heavy (non-hydrogen) atoms. The van der Waals surface area contributed by atoms with Crippen LogP contribution in [0.2, 0.25) is 0 Å². The summed E-state index contributed by atoms with van der Waals surface area (Å²) in [7, 11) is -2.97. The van der Waals surface area contributed by atoms with Crippen molar-refractivity contribution < 1.29 is 12.8 Å². The average molecular weight is 521 g/mol. The van der Waals surface area contributed by atoms with Gasteiger partial charge in [-0.3, -0.25) is 10.4 Å². The third-order valence-corrected chi connectivity index (χ3v) is 7.47. The van der Waals surface area contributed by atoms with Gasteiger partial charge < -0.3 is 10.6 Å². The van der Waals surface area contributed by atoms with Gasteiger partial charge in [-0.05, 0) is 60.0 Å². The number of sulfone groups is 1. The van der Waals surface area contributed by atoms with Crippen molar-refractivity contribution in [3.05, 3.63) is 94.9 Å². The molecule has 0 radical (unpaired) electrons. The maximum absolute atomic E-state index is 13.6. The predicted molar refractivity (Wildman–Crippen MR) is 145 cm³/mol. The molecule has 5 rings (SSSR count). The number of hydrogen-bond donors (Lipinski definition) is 3. The molecule has 0 saturated carbocycles. The van der Waals surface area contributed by atoms with E-state index in [4.69, 9.17) is 5.73 Å². The Labute approximate surface area is 215 Å². The molecule has 4 aromatic rings. The summed E-state index contributed by atoms with van der Waals surface area (Å²) in [6.07, 6.45) is 5.40. The van der Waals surface area contributed by atoms with E-state index in [9.17, 15) is 12.8 Å². The fraction of sp³-hybridized carbons (Fsp3) is 0.259. The minimum absolute atomic E-state index is 0.124. The molecule has 192 valence electrons. The van der Waals surface area contributed by atoms with E-state index in [1.165, 1.54) is 18.4 Å². The number of anilines is 1. The molecule has 1 aliphatic rings. The molecule has 1 atom stereocenters. The molecule has 1 aromatic heterocycles. The highest BCUT2D eigenvalue weighted by Gasteiger charge is 2.33. The van der Waals surface area contributed by atoms with Crippen molar-refractivity contribution >= 4 is 32.8 Å². The topological polar surface area (TPSA) is 114 Å². The largest absolute Gasteiger partial charge is 0.346 e. The Bertz CT molecular complexity index is 1580. The van der Waals surface area contributed by atoms with Gasteiger partial charge in [0.05, 0.1) is 30.3 Å². The monoisotopic (exact) mass is 520 g/mol. The highest BCUT2D eigenvalue weighted by Crippen LogP contribution is 2.37. The number of aromatic nitrogens is 2. The fourth-order valence-corrected chi connectivity index (χ4v) is 5.09. The van der Waals surface area contributed by atoms with Gasteiger partial charge in [0.1, 0.15) is 15.7 Å². The van der Waals surface area contributed by atoms with E-state index in [0.717, 1.165) is 45.3 Å². The van der Waals surface area contributed by atoms with Crippen molar-refractivity contribution in [1.82, 2.24) is 15.1 Å². The van der Waals surface area contributed by atoms with Crippen molar-refractivity contribution in [2.45, 2.75) is 18.6 Å². The number of nitrogens with one attached hydrogen (secondary N) is 2. The highest BCUT2D eigenvalue weighted by molar-refractivity contribution is 7.90. The van der Waals surface area contributed by atoms with Crippen LogP contribution in [0.1, 0.15) is 22.3 Å². The van der Waals surface area contributed by atoms with Gasteiger partial charge >= 0.3 is 0 Å². The second-order valence-corrected chi connectivity index (χ2v) is 11.6. The summed E-state index contributed by atoms with van der Waals surface area (Å²) < 4.78 is 38.0. The molecule has 10 heteroatoms. The summed E-state index contributed by atoms with van der Waals surface area (Å²) in [5.74, 6) is -0.144. The molecule has 4 N–H and O–H groups in total. The van der Waals surface area contributed by atoms with Gasteiger partial charge in [-0.1, -0.05) is 30.3 Å². The van der Waals surface area contributed by atoms with Crippen LogP contribution in [0, 0.1) is 5.82 Å². The van der Waals surface area contributed by atoms with Crippen molar-refractivity contribution in [3.8, 4) is 0 Å². The van der Waals surface area contributed by atoms with Gasteiger partial charge in [-0.15, -0.1) is 0 Å². The van der Waals surface area contributed by atoms with E-state index in [1.54, 1.807) is 18.6 Å². The predicted octanol–water partition coefficient (Wildman–Crippen LogP) is 3.01. The van der Waals surface area contributed by atoms with Crippen LogP contribution in [0.4, 0.5) is 10.1 Å². The second kappa shape index (κ2) is 10.0. The molecule has 1 aliphatic heterocycles. The Morgan fingerprint density at radius 1 is 1.08 bits per heavy atom. The van der Waals surface area contributed by atoms with Crippen LogP contribution in [-0.4, -0.2) is 49.6 Å². The Kier molecular flexibility index (Phi) is 6.80. The zero-order valence-corrected chi connectivity index (χ0v) is 21.3. The van der Waals surface area contributed by atoms with E-state index in [0.29, 0.717) is 19.6 Å². The first-order valence-electron chi connectivity index (χ1n) is 12.0. The van der Waals surface area contributed by atoms with Crippen LogP contribution in [0.25, 0.3) is 10.9 Å². The molecule has 8 nitrogen and oxygen atoms in total. The second-order valence-electron chi connectivity index (χ2n) is 9.38. The summed E-state index contributed by atoms with van der Waals surface area (Å²) in [6, 6.07) is 18.5. The first-order valence-corrected chi connectivity index (χ1v) is 14.1. The molecule has 0 saturated heterocycles. The highest BCUT2D eigenvalue weighted by atomic mass is 32.2. The molecular weight excluding hydrogens is 491 g/mol. The SMILES string of the molecule is CS(=O)(=O)CCNCCc1ccc2c(c1)NC=NC2(N)c1ccc2c(cnn2Cc2cccc(F)c2)c1. The molecule has 2 heterocycles. The van der Waals surface area contributed by atoms with E-state index in [2.05, 4.69) is 26.8 Å². The van der Waals surface area contributed by atoms with Crippen LogP contribution in [0.15, 0.2) is 71.9 Å². The van der Waals surface area contributed by atoms with Crippen LogP contribution in [0.3, 0.4) is 0 Å². The smallest absolute Gasteiger partial charge is 0.163 e. The zero-order chi connectivity index (χ0) is 26.0. The van der Waals surface area contributed by atoms with E-state index < -0.39 is 15.5 Å². The third-order valence-electron chi connectivity index (χ3n) is 6.53. The Balaban J connectivity index is 1.34. The third kappa shape index (κ3) is 5.56. The lowest BCUT2D eigenvalue weighted by Gasteiger charge is -2.31. The maximum Gasteiger partial charge on any atom is 0.163 e. The standard InChI is InChI=1S/C27H29FN6O2S/c1-37(35,36)12-11-30-10-9-19-5-7-24-25(14-19)31-18-32-27(24,29)22-6-8-26-21(15-22)16-33-34(26)17-20-3-2-4-23(28)13-20/h2-8,13-16,18,30H,9-12,17,29H2,1H3,(H,31,32). The lowest BCUT2D eigenvalue weighted by Crippen LogP contribution is -2.39. The van der Waals surface area contributed by atoms with Gasteiger partial charge in [-0.2, -0.15) is 5.10 Å². The summed E-state index contributed by atoms with van der Waals surface area (Å²) >= 11 is 0. The number of nitrogens with zero attached hydrogens (tertiary/aromatic N) is 3. The summed E-state index contributed by atoms with van der Waals surface area (Å²) in [5, 5.41) is 11.8. The van der Waals surface area contributed by atoms with Crippen molar-refractivity contribution in [2.24, 2.45) is 10.7 Å². The van der Waals surface area contributed by atoms with Crippen LogP contribution >= 0.6 is 0 Å². The molecule has 3 aromatic carbocycles. The van der Waals surface area contributed by atoms with Gasteiger partial charge in [-0.25, -0.2) is 17.8 Å². The molecule has 0 bridgehead atoms. The van der Waals surface area contributed by atoms with E-state index >= 15 is 0 Å². The molecule has 0 amide bonds. The van der Waals surface area contributed by atoms with Crippen molar-refractivity contribution in [2.75, 3.05) is 30.4 Å². The van der Waals surface area contributed by atoms with Crippen LogP contribution < -0.4 is 16.4 Å². The average Bonchev–Trinajstić information content (AvgIpc) is 3.25. The van der Waals surface area contributed by atoms with E-state index in [1.807, 2.05) is 41.1 Å². The number of halogens is 1. The fourth-order valence-electron chi connectivity index (χ4n) is 4.58. The Morgan fingerprint density at radius 3 is 2.76 bits per heavy atom. The first kappa shape index (κ1) is 25.1. The lowest BCUT2D eigenvalue weighted by atomic mass is 9.88. The number of aliphatic imine (C=N–C) groups is 1. The molecule has 0 aliphatic carbocycles. The Hall–Kier alpha value is -3.60. The summed E-state index contributed by atoms with van der Waals surface area (Å²) in [5.41, 5.74) is 11.3. The number of rotatable bonds is 9. The number of benzene rings is 3. The Morgan fingerprint density at radius 2 is 1.95 bits per heavy atom. The molecule has 0 spiro atoms. The van der Waals surface area contributed by atoms with Crippen LogP contribution in [0.5, 0.6) is 0 Å². The van der Waals surface area contributed by atoms with Crippen LogP contribution in [-0.2, 0) is 28.5 Å². The molecule has 0 fully saturated rings. The normalized spacial score (nSPS) is 17.1. The minimum atomic E-state index is -2.97. The van der Waals surface area contributed by atoms with Gasteiger partial charge in [0.25, 0.3) is 0 Å². The van der Waals surface area contributed by atoms with Crippen molar-refractivity contribution in [1.29, 1.82) is 0 Å². The maximum atomic E-state index is 13.6.